The lowest BCUT2D eigenvalue weighted by Crippen LogP contribution is -1.92. The lowest BCUT2D eigenvalue weighted by atomic mass is 9.94. The Labute approximate surface area is 254 Å². The van der Waals surface area contributed by atoms with E-state index in [4.69, 9.17) is 0 Å². The zero-order valence-electron chi connectivity index (χ0n) is 25.8. The van der Waals surface area contributed by atoms with Crippen LogP contribution < -0.4 is 0 Å². The van der Waals surface area contributed by atoms with Crippen LogP contribution in [0.25, 0.3) is 30.9 Å². The molecule has 220 valence electrons. The summed E-state index contributed by atoms with van der Waals surface area (Å²) in [4.78, 5) is 0. The molecule has 4 rings (SSSR count). The van der Waals surface area contributed by atoms with Crippen molar-refractivity contribution in [2.75, 3.05) is 0 Å². The van der Waals surface area contributed by atoms with E-state index in [1.807, 2.05) is 22.7 Å². The SMILES string of the molecule is CCCCCCCCCCCCc1cc2c(cc(CCCCCCCCCCCC)c3ccsc32)c2sccc12. The Bertz CT molecular complexity index is 1150. The molecule has 0 spiro atoms. The van der Waals surface area contributed by atoms with Crippen molar-refractivity contribution in [1.82, 2.24) is 0 Å². The van der Waals surface area contributed by atoms with E-state index >= 15 is 0 Å². The average Bonchev–Trinajstić information content (AvgIpc) is 3.66. The molecule has 2 heteroatoms. The number of rotatable bonds is 22. The van der Waals surface area contributed by atoms with Gasteiger partial charge < -0.3 is 0 Å². The summed E-state index contributed by atoms with van der Waals surface area (Å²) in [7, 11) is 0. The first-order valence-corrected chi connectivity index (χ1v) is 18.9. The zero-order valence-corrected chi connectivity index (χ0v) is 27.5. The summed E-state index contributed by atoms with van der Waals surface area (Å²) in [6, 6.07) is 9.93. The predicted molar refractivity (Wildman–Crippen MR) is 186 cm³/mol. The first kappa shape index (κ1) is 31.6. The van der Waals surface area contributed by atoms with Crippen LogP contribution in [0.4, 0.5) is 0 Å². The van der Waals surface area contributed by atoms with E-state index in [9.17, 15) is 0 Å². The van der Waals surface area contributed by atoms with E-state index in [2.05, 4.69) is 48.9 Å². The van der Waals surface area contributed by atoms with Crippen LogP contribution in [0.2, 0.25) is 0 Å². The number of hydrogen-bond acceptors (Lipinski definition) is 2. The summed E-state index contributed by atoms with van der Waals surface area (Å²) >= 11 is 3.92. The van der Waals surface area contributed by atoms with Gasteiger partial charge in [-0.15, -0.1) is 22.7 Å². The van der Waals surface area contributed by atoms with Gasteiger partial charge in [-0.25, -0.2) is 0 Å². The van der Waals surface area contributed by atoms with Crippen molar-refractivity contribution in [3.05, 3.63) is 46.2 Å². The van der Waals surface area contributed by atoms with Crippen molar-refractivity contribution in [3.8, 4) is 0 Å². The molecule has 2 heterocycles. The third-order valence-corrected chi connectivity index (χ3v) is 10.9. The molecule has 0 radical (unpaired) electrons. The molecule has 0 nitrogen and oxygen atoms in total. The maximum absolute atomic E-state index is 2.57. The largest absolute Gasteiger partial charge is 0.143 e. The standard InChI is InChI=1S/C38H56S2/c1-3-5-7-9-11-13-15-17-19-21-23-31-29-35-36(37-33(31)25-27-39-37)30-32(34-26-28-40-38(34)35)24-22-20-18-16-14-12-10-8-6-4-2/h25-30H,3-24H2,1-2H3. The molecule has 0 aliphatic rings. The number of fused-ring (bicyclic) bond motifs is 5. The monoisotopic (exact) mass is 576 g/mol. The van der Waals surface area contributed by atoms with Crippen LogP contribution in [-0.4, -0.2) is 0 Å². The van der Waals surface area contributed by atoms with Gasteiger partial charge in [-0.2, -0.15) is 0 Å². The maximum Gasteiger partial charge on any atom is 0.0424 e. The highest BCUT2D eigenvalue weighted by molar-refractivity contribution is 7.19. The van der Waals surface area contributed by atoms with Gasteiger partial charge in [-0.05, 0) is 82.6 Å². The second kappa shape index (κ2) is 18.2. The van der Waals surface area contributed by atoms with E-state index in [-0.39, 0.29) is 0 Å². The van der Waals surface area contributed by atoms with Crippen molar-refractivity contribution < 1.29 is 0 Å². The number of hydrogen-bond donors (Lipinski definition) is 0. The van der Waals surface area contributed by atoms with Crippen LogP contribution in [0.15, 0.2) is 35.0 Å². The fourth-order valence-corrected chi connectivity index (χ4v) is 8.52. The fourth-order valence-electron chi connectivity index (χ4n) is 6.60. The van der Waals surface area contributed by atoms with Crippen LogP contribution >= 0.6 is 22.7 Å². The van der Waals surface area contributed by atoms with Gasteiger partial charge >= 0.3 is 0 Å². The van der Waals surface area contributed by atoms with Crippen molar-refractivity contribution in [2.45, 2.75) is 155 Å². The van der Waals surface area contributed by atoms with E-state index in [0.717, 1.165) is 0 Å². The summed E-state index contributed by atoms with van der Waals surface area (Å²) in [6.45, 7) is 4.61. The van der Waals surface area contributed by atoms with E-state index in [1.54, 1.807) is 11.1 Å². The summed E-state index contributed by atoms with van der Waals surface area (Å²) in [5.41, 5.74) is 3.17. The summed E-state index contributed by atoms with van der Waals surface area (Å²) in [6.07, 6.45) is 30.6. The Morgan fingerprint density at radius 2 is 0.725 bits per heavy atom. The van der Waals surface area contributed by atoms with Crippen molar-refractivity contribution in [2.24, 2.45) is 0 Å². The number of unbranched alkanes of at least 4 members (excludes halogenated alkanes) is 18. The highest BCUT2D eigenvalue weighted by Gasteiger charge is 2.14. The zero-order chi connectivity index (χ0) is 27.8. The van der Waals surface area contributed by atoms with Crippen molar-refractivity contribution >= 4 is 53.6 Å². The molecule has 0 saturated heterocycles. The average molecular weight is 577 g/mol. The van der Waals surface area contributed by atoms with Gasteiger partial charge in [0.05, 0.1) is 0 Å². The molecule has 0 aliphatic carbocycles. The van der Waals surface area contributed by atoms with Gasteiger partial charge in [0.15, 0.2) is 0 Å². The molecule has 2 aromatic carbocycles. The Kier molecular flexibility index (Phi) is 14.4. The van der Waals surface area contributed by atoms with Gasteiger partial charge in [-0.3, -0.25) is 0 Å². The fraction of sp³-hybridized carbons (Fsp3) is 0.632. The Balaban J connectivity index is 1.31. The molecule has 0 fully saturated rings. The molecule has 0 aliphatic heterocycles. The minimum Gasteiger partial charge on any atom is -0.143 e. The molecule has 4 aromatic rings. The first-order valence-electron chi connectivity index (χ1n) is 17.1. The number of aryl methyl sites for hydroxylation is 2. The predicted octanol–water partition coefficient (Wildman–Crippen LogP) is 14.2. The lowest BCUT2D eigenvalue weighted by Gasteiger charge is -2.12. The lowest BCUT2D eigenvalue weighted by molar-refractivity contribution is 0.556. The second-order valence-electron chi connectivity index (χ2n) is 12.4. The summed E-state index contributed by atoms with van der Waals surface area (Å²) in [5.74, 6) is 0. The van der Waals surface area contributed by atoms with Crippen LogP contribution in [0.1, 0.15) is 153 Å². The van der Waals surface area contributed by atoms with E-state index in [0.29, 0.717) is 0 Å². The summed E-state index contributed by atoms with van der Waals surface area (Å²) in [5, 5.41) is 10.7. The first-order chi connectivity index (χ1) is 19.8. The van der Waals surface area contributed by atoms with Crippen LogP contribution in [0, 0.1) is 0 Å². The van der Waals surface area contributed by atoms with Crippen molar-refractivity contribution in [3.63, 3.8) is 0 Å². The highest BCUT2D eigenvalue weighted by atomic mass is 32.1. The van der Waals surface area contributed by atoms with Crippen molar-refractivity contribution in [1.29, 1.82) is 0 Å². The minimum atomic E-state index is 1.23. The molecule has 0 atom stereocenters. The quantitative estimate of drug-likeness (QED) is 0.0816. The molecule has 0 N–H and O–H groups in total. The van der Waals surface area contributed by atoms with Gasteiger partial charge in [0.2, 0.25) is 0 Å². The molecule has 40 heavy (non-hydrogen) atoms. The Hall–Kier alpha value is -1.38. The molecule has 0 saturated carbocycles. The van der Waals surface area contributed by atoms with Gasteiger partial charge in [0.25, 0.3) is 0 Å². The topological polar surface area (TPSA) is 0 Å². The Morgan fingerprint density at radius 1 is 0.400 bits per heavy atom. The molecule has 0 bridgehead atoms. The molecule has 0 amide bonds. The smallest absolute Gasteiger partial charge is 0.0424 e. The second-order valence-corrected chi connectivity index (χ2v) is 14.2. The highest BCUT2D eigenvalue weighted by Crippen LogP contribution is 2.40. The number of thiophene rings is 2. The van der Waals surface area contributed by atoms with Crippen LogP contribution in [-0.2, 0) is 12.8 Å². The van der Waals surface area contributed by atoms with Gasteiger partial charge in [0, 0.05) is 20.2 Å². The third kappa shape index (κ3) is 9.32. The van der Waals surface area contributed by atoms with Gasteiger partial charge in [-0.1, -0.05) is 129 Å². The third-order valence-electron chi connectivity index (χ3n) is 9.04. The van der Waals surface area contributed by atoms with Crippen LogP contribution in [0.3, 0.4) is 0 Å². The number of benzene rings is 2. The Morgan fingerprint density at radius 3 is 1.07 bits per heavy atom. The summed E-state index contributed by atoms with van der Waals surface area (Å²) < 4.78 is 3.05. The molecule has 2 aromatic heterocycles. The molecular weight excluding hydrogens is 521 g/mol. The molecular formula is C38H56S2. The van der Waals surface area contributed by atoms with E-state index < -0.39 is 0 Å². The van der Waals surface area contributed by atoms with Gasteiger partial charge in [0.1, 0.15) is 0 Å². The maximum atomic E-state index is 2.57. The molecule has 0 unspecified atom stereocenters. The minimum absolute atomic E-state index is 1.23. The van der Waals surface area contributed by atoms with E-state index in [1.165, 1.54) is 172 Å². The van der Waals surface area contributed by atoms with Crippen LogP contribution in [0.5, 0.6) is 0 Å². The normalized spacial score (nSPS) is 11.9.